The second-order valence-corrected chi connectivity index (χ2v) is 8.16. The van der Waals surface area contributed by atoms with Gasteiger partial charge in [-0.1, -0.05) is 36.4 Å². The molecule has 2 aliphatic heterocycles. The second-order valence-electron chi connectivity index (χ2n) is 8.16. The molecule has 0 saturated carbocycles. The van der Waals surface area contributed by atoms with Crippen LogP contribution in [0.1, 0.15) is 40.4 Å². The zero-order valence-electron chi connectivity index (χ0n) is 18.2. The van der Waals surface area contributed by atoms with Crippen molar-refractivity contribution in [2.45, 2.75) is 18.9 Å². The zero-order chi connectivity index (χ0) is 22.6. The molecule has 2 aliphatic rings. The van der Waals surface area contributed by atoms with Crippen LogP contribution in [0, 0.1) is 0 Å². The number of nitrogens with zero attached hydrogens (tertiary/aromatic N) is 1. The Bertz CT molecular complexity index is 1140. The number of likely N-dealkylation sites (tertiary alicyclic amines) is 1. The van der Waals surface area contributed by atoms with Gasteiger partial charge >= 0.3 is 0 Å². The van der Waals surface area contributed by atoms with Crippen LogP contribution in [0.3, 0.4) is 0 Å². The summed E-state index contributed by atoms with van der Waals surface area (Å²) in [5.41, 5.74) is 2.27. The highest BCUT2D eigenvalue weighted by atomic mass is 16.6. The van der Waals surface area contributed by atoms with Crippen molar-refractivity contribution in [3.63, 3.8) is 0 Å². The summed E-state index contributed by atoms with van der Waals surface area (Å²) in [6, 6.07) is 22.0. The van der Waals surface area contributed by atoms with E-state index >= 15 is 0 Å². The second kappa shape index (κ2) is 9.36. The van der Waals surface area contributed by atoms with E-state index in [4.69, 9.17) is 14.2 Å². The molecule has 1 atom stereocenters. The molecule has 33 heavy (non-hydrogen) atoms. The van der Waals surface area contributed by atoms with Crippen LogP contribution in [-0.2, 0) is 4.79 Å². The number of hydrogen-bond acceptors (Lipinski definition) is 5. The summed E-state index contributed by atoms with van der Waals surface area (Å²) in [6.45, 7) is 1.74. The lowest BCUT2D eigenvalue weighted by atomic mass is 10.0. The first-order chi connectivity index (χ1) is 16.2. The molecule has 1 amide bonds. The zero-order valence-corrected chi connectivity index (χ0v) is 18.2. The maximum absolute atomic E-state index is 12.9. The van der Waals surface area contributed by atoms with Gasteiger partial charge in [0.1, 0.15) is 19.0 Å². The van der Waals surface area contributed by atoms with Crippen LogP contribution in [0.25, 0.3) is 0 Å². The Morgan fingerprint density at radius 3 is 2.39 bits per heavy atom. The molecule has 3 aromatic rings. The van der Waals surface area contributed by atoms with E-state index in [2.05, 4.69) is 0 Å². The third-order valence-corrected chi connectivity index (χ3v) is 6.04. The lowest BCUT2D eigenvalue weighted by Crippen LogP contribution is -2.34. The normalized spacial score (nSPS) is 17.0. The quantitative estimate of drug-likeness (QED) is 0.528. The molecule has 0 radical (unpaired) electrons. The van der Waals surface area contributed by atoms with E-state index in [1.54, 1.807) is 36.4 Å². The Morgan fingerprint density at radius 1 is 0.879 bits per heavy atom. The molecule has 168 valence electrons. The van der Waals surface area contributed by atoms with Crippen molar-refractivity contribution in [1.29, 1.82) is 0 Å². The summed E-state index contributed by atoms with van der Waals surface area (Å²) in [5.74, 6) is 1.94. The maximum atomic E-state index is 12.9. The third-order valence-electron chi connectivity index (χ3n) is 6.04. The van der Waals surface area contributed by atoms with Gasteiger partial charge in [0, 0.05) is 17.7 Å². The van der Waals surface area contributed by atoms with Crippen molar-refractivity contribution in [2.24, 2.45) is 0 Å². The van der Waals surface area contributed by atoms with Gasteiger partial charge in [0.05, 0.1) is 6.04 Å². The van der Waals surface area contributed by atoms with Crippen molar-refractivity contribution in [3.05, 3.63) is 89.5 Å². The Labute approximate surface area is 192 Å². The standard InChI is InChI=1S/C27H25NO5/c29-26(18-33-22-11-8-20(9-12-22)27(30)19-5-2-1-3-6-19)28-14-4-7-23(28)21-10-13-24-25(17-21)32-16-15-31-24/h1-3,5-6,8-13,17,23H,4,7,14-16,18H2/t23-/m1/s1. The number of carbonyl (C=O) groups is 2. The van der Waals surface area contributed by atoms with E-state index in [1.807, 2.05) is 41.3 Å². The van der Waals surface area contributed by atoms with Crippen LogP contribution < -0.4 is 14.2 Å². The first-order valence-corrected chi connectivity index (χ1v) is 11.2. The number of ether oxygens (including phenoxy) is 3. The van der Waals surface area contributed by atoms with Crippen molar-refractivity contribution in [1.82, 2.24) is 4.90 Å². The van der Waals surface area contributed by atoms with Crippen molar-refractivity contribution in [2.75, 3.05) is 26.4 Å². The molecule has 2 heterocycles. The summed E-state index contributed by atoms with van der Waals surface area (Å²) in [6.07, 6.45) is 1.85. The van der Waals surface area contributed by atoms with E-state index in [9.17, 15) is 9.59 Å². The van der Waals surface area contributed by atoms with Gasteiger partial charge in [-0.15, -0.1) is 0 Å². The first kappa shape index (κ1) is 21.1. The smallest absolute Gasteiger partial charge is 0.261 e. The third kappa shape index (κ3) is 4.55. The van der Waals surface area contributed by atoms with Gasteiger partial charge in [0.15, 0.2) is 23.9 Å². The molecule has 0 aromatic heterocycles. The van der Waals surface area contributed by atoms with E-state index in [1.165, 1.54) is 0 Å². The molecule has 3 aromatic carbocycles. The number of benzene rings is 3. The molecule has 6 nitrogen and oxygen atoms in total. The Hall–Kier alpha value is -3.80. The molecule has 0 spiro atoms. The highest BCUT2D eigenvalue weighted by molar-refractivity contribution is 6.09. The first-order valence-electron chi connectivity index (χ1n) is 11.2. The molecule has 5 rings (SSSR count). The molecule has 6 heteroatoms. The summed E-state index contributed by atoms with van der Waals surface area (Å²) in [4.78, 5) is 27.4. The molecular formula is C27H25NO5. The number of ketones is 1. The molecular weight excluding hydrogens is 418 g/mol. The monoisotopic (exact) mass is 443 g/mol. The lowest BCUT2D eigenvalue weighted by Gasteiger charge is -2.26. The maximum Gasteiger partial charge on any atom is 0.261 e. The largest absolute Gasteiger partial charge is 0.486 e. The fourth-order valence-corrected chi connectivity index (χ4v) is 4.37. The van der Waals surface area contributed by atoms with Crippen molar-refractivity contribution < 1.29 is 23.8 Å². The van der Waals surface area contributed by atoms with Gasteiger partial charge in [-0.2, -0.15) is 0 Å². The van der Waals surface area contributed by atoms with Crippen LogP contribution in [0.2, 0.25) is 0 Å². The topological polar surface area (TPSA) is 65.1 Å². The van der Waals surface area contributed by atoms with Crippen LogP contribution in [0.4, 0.5) is 0 Å². The molecule has 1 saturated heterocycles. The predicted octanol–water partition coefficient (Wildman–Crippen LogP) is 4.43. The number of hydrogen-bond donors (Lipinski definition) is 0. The van der Waals surface area contributed by atoms with Gasteiger partial charge in [-0.25, -0.2) is 0 Å². The van der Waals surface area contributed by atoms with Gasteiger partial charge in [0.25, 0.3) is 5.91 Å². The predicted molar refractivity (Wildman–Crippen MR) is 123 cm³/mol. The number of rotatable bonds is 6. The van der Waals surface area contributed by atoms with Crippen LogP contribution in [0.15, 0.2) is 72.8 Å². The summed E-state index contributed by atoms with van der Waals surface area (Å²) >= 11 is 0. The van der Waals surface area contributed by atoms with E-state index in [0.29, 0.717) is 36.6 Å². The fraction of sp³-hybridized carbons (Fsp3) is 0.259. The van der Waals surface area contributed by atoms with E-state index in [-0.39, 0.29) is 24.3 Å². The summed E-state index contributed by atoms with van der Waals surface area (Å²) in [7, 11) is 0. The average molecular weight is 443 g/mol. The lowest BCUT2D eigenvalue weighted by molar-refractivity contribution is -0.134. The summed E-state index contributed by atoms with van der Waals surface area (Å²) in [5, 5.41) is 0. The molecule has 0 aliphatic carbocycles. The molecule has 0 unspecified atom stereocenters. The minimum absolute atomic E-state index is 0.00259. The number of fused-ring (bicyclic) bond motifs is 1. The number of amides is 1. The van der Waals surface area contributed by atoms with Gasteiger partial charge in [-0.3, -0.25) is 9.59 Å². The molecule has 0 N–H and O–H groups in total. The SMILES string of the molecule is O=C(c1ccccc1)c1ccc(OCC(=O)N2CCC[C@@H]2c2ccc3c(c2)OCCO3)cc1. The highest BCUT2D eigenvalue weighted by Crippen LogP contribution is 2.38. The minimum atomic E-state index is -0.0585. The van der Waals surface area contributed by atoms with Crippen molar-refractivity contribution >= 4 is 11.7 Å². The molecule has 0 bridgehead atoms. The van der Waals surface area contributed by atoms with E-state index < -0.39 is 0 Å². The van der Waals surface area contributed by atoms with Gasteiger partial charge in [-0.05, 0) is 54.8 Å². The van der Waals surface area contributed by atoms with Crippen molar-refractivity contribution in [3.8, 4) is 17.2 Å². The average Bonchev–Trinajstić information content (AvgIpc) is 3.38. The van der Waals surface area contributed by atoms with Crippen LogP contribution >= 0.6 is 0 Å². The van der Waals surface area contributed by atoms with Gasteiger partial charge < -0.3 is 19.1 Å². The minimum Gasteiger partial charge on any atom is -0.486 e. The van der Waals surface area contributed by atoms with E-state index in [0.717, 1.165) is 29.9 Å². The van der Waals surface area contributed by atoms with Crippen LogP contribution in [0.5, 0.6) is 17.2 Å². The van der Waals surface area contributed by atoms with Gasteiger partial charge in [0.2, 0.25) is 0 Å². The number of carbonyl (C=O) groups excluding carboxylic acids is 2. The highest BCUT2D eigenvalue weighted by Gasteiger charge is 2.31. The Morgan fingerprint density at radius 2 is 1.61 bits per heavy atom. The Kier molecular flexibility index (Phi) is 5.98. The fourth-order valence-electron chi connectivity index (χ4n) is 4.37. The molecule has 1 fully saturated rings. The van der Waals surface area contributed by atoms with Crippen LogP contribution in [-0.4, -0.2) is 43.0 Å². The summed E-state index contributed by atoms with van der Waals surface area (Å²) < 4.78 is 17.1. The Balaban J connectivity index is 1.21.